The third-order valence-corrected chi connectivity index (χ3v) is 3.56. The van der Waals surface area contributed by atoms with E-state index < -0.39 is 0 Å². The van der Waals surface area contributed by atoms with Gasteiger partial charge in [0.25, 0.3) is 0 Å². The summed E-state index contributed by atoms with van der Waals surface area (Å²) in [5, 5.41) is 3.03. The zero-order valence-corrected chi connectivity index (χ0v) is 11.4. The molecule has 1 aromatic rings. The van der Waals surface area contributed by atoms with Crippen molar-refractivity contribution in [3.63, 3.8) is 0 Å². The van der Waals surface area contributed by atoms with Crippen LogP contribution in [0.4, 0.5) is 5.69 Å². The highest BCUT2D eigenvalue weighted by molar-refractivity contribution is 6.02. The van der Waals surface area contributed by atoms with E-state index in [0.717, 1.165) is 29.8 Å². The maximum atomic E-state index is 12.2. The van der Waals surface area contributed by atoms with E-state index >= 15 is 0 Å². The molecule has 1 amide bonds. The lowest BCUT2D eigenvalue weighted by atomic mass is 10.1. The summed E-state index contributed by atoms with van der Waals surface area (Å²) in [6.07, 6.45) is 4.01. The molecule has 1 aromatic carbocycles. The van der Waals surface area contributed by atoms with Crippen LogP contribution in [-0.2, 0) is 11.2 Å². The molecule has 0 saturated carbocycles. The van der Waals surface area contributed by atoms with Gasteiger partial charge in [0, 0.05) is 18.4 Å². The molecule has 100 valence electrons. The maximum Gasteiger partial charge on any atom is 0.232 e. The van der Waals surface area contributed by atoms with Gasteiger partial charge in [-0.05, 0) is 24.5 Å². The number of amides is 1. The van der Waals surface area contributed by atoms with E-state index in [2.05, 4.69) is 18.5 Å². The Morgan fingerprint density at radius 1 is 1.53 bits per heavy atom. The molecule has 0 aromatic heterocycles. The number of allylic oxidation sites excluding steroid dienone is 1. The van der Waals surface area contributed by atoms with Gasteiger partial charge in [-0.25, -0.2) is 0 Å². The molecule has 1 unspecified atom stereocenters. The highest BCUT2D eigenvalue weighted by Gasteiger charge is 2.30. The molecule has 1 heterocycles. The third-order valence-electron chi connectivity index (χ3n) is 3.56. The lowest BCUT2D eigenvalue weighted by Gasteiger charge is -2.26. The molecule has 19 heavy (non-hydrogen) atoms. The average molecular weight is 256 g/mol. The molecule has 0 radical (unpaired) electrons. The normalized spacial score (nSPS) is 15.0. The number of anilines is 1. The Kier molecular flexibility index (Phi) is 4.05. The van der Waals surface area contributed by atoms with Crippen molar-refractivity contribution in [3.8, 4) is 0 Å². The largest absolute Gasteiger partial charge is 0.392 e. The summed E-state index contributed by atoms with van der Waals surface area (Å²) in [6.45, 7) is 7.79. The van der Waals surface area contributed by atoms with Crippen LogP contribution in [0.25, 0.3) is 0 Å². The summed E-state index contributed by atoms with van der Waals surface area (Å²) < 4.78 is 0. The van der Waals surface area contributed by atoms with Crippen LogP contribution in [-0.4, -0.2) is 19.0 Å². The van der Waals surface area contributed by atoms with Gasteiger partial charge >= 0.3 is 0 Å². The second-order valence-corrected chi connectivity index (χ2v) is 4.76. The lowest BCUT2D eigenvalue weighted by Crippen LogP contribution is -2.36. The predicted octanol–water partition coefficient (Wildman–Crippen LogP) is 2.64. The fourth-order valence-corrected chi connectivity index (χ4v) is 2.44. The first kappa shape index (κ1) is 13.4. The van der Waals surface area contributed by atoms with E-state index in [-0.39, 0.29) is 11.9 Å². The molecule has 0 fully saturated rings. The zero-order chi connectivity index (χ0) is 13.8. The first-order valence-electron chi connectivity index (χ1n) is 6.55. The molecule has 1 aliphatic rings. The highest BCUT2D eigenvalue weighted by atomic mass is 16.2. The first-order valence-corrected chi connectivity index (χ1v) is 6.55. The van der Waals surface area contributed by atoms with Gasteiger partial charge in [0.05, 0.1) is 12.5 Å². The molecule has 1 atom stereocenters. The van der Waals surface area contributed by atoms with Crippen LogP contribution in [0.3, 0.4) is 0 Å². The van der Waals surface area contributed by atoms with Crippen molar-refractivity contribution < 1.29 is 4.79 Å². The number of benzene rings is 1. The molecule has 3 nitrogen and oxygen atoms in total. The van der Waals surface area contributed by atoms with E-state index in [0.29, 0.717) is 6.42 Å². The van der Waals surface area contributed by atoms with Crippen LogP contribution in [0, 0.1) is 0 Å². The van der Waals surface area contributed by atoms with Crippen LogP contribution < -0.4 is 10.2 Å². The fourth-order valence-electron chi connectivity index (χ4n) is 2.44. The van der Waals surface area contributed by atoms with E-state index in [9.17, 15) is 4.79 Å². The molecule has 1 N–H and O–H groups in total. The SMILES string of the molecule is C=CC(CCC(=C)NC)N1C(=O)Cc2ccccc21. The number of carbonyl (C=O) groups is 1. The average Bonchev–Trinajstić information content (AvgIpc) is 2.76. The number of para-hydroxylation sites is 1. The number of nitrogens with one attached hydrogen (secondary N) is 1. The molecule has 0 saturated heterocycles. The molecule has 0 aliphatic carbocycles. The Labute approximate surface area is 114 Å². The Morgan fingerprint density at radius 3 is 2.95 bits per heavy atom. The Hall–Kier alpha value is -2.03. The van der Waals surface area contributed by atoms with Crippen molar-refractivity contribution in [2.75, 3.05) is 11.9 Å². The maximum absolute atomic E-state index is 12.2. The van der Waals surface area contributed by atoms with Crippen molar-refractivity contribution in [2.24, 2.45) is 0 Å². The summed E-state index contributed by atoms with van der Waals surface area (Å²) in [4.78, 5) is 14.1. The van der Waals surface area contributed by atoms with Gasteiger partial charge in [-0.1, -0.05) is 30.9 Å². The lowest BCUT2D eigenvalue weighted by molar-refractivity contribution is -0.117. The van der Waals surface area contributed by atoms with Crippen molar-refractivity contribution in [2.45, 2.75) is 25.3 Å². The summed E-state index contributed by atoms with van der Waals surface area (Å²) in [7, 11) is 1.86. The number of hydrogen-bond donors (Lipinski definition) is 1. The molecule has 2 rings (SSSR count). The zero-order valence-electron chi connectivity index (χ0n) is 11.4. The second-order valence-electron chi connectivity index (χ2n) is 4.76. The van der Waals surface area contributed by atoms with Crippen LogP contribution in [0.2, 0.25) is 0 Å². The summed E-state index contributed by atoms with van der Waals surface area (Å²) in [6, 6.07) is 7.99. The molecule has 1 aliphatic heterocycles. The summed E-state index contributed by atoms with van der Waals surface area (Å²) in [5.74, 6) is 0.154. The minimum absolute atomic E-state index is 0.0289. The van der Waals surface area contributed by atoms with Crippen molar-refractivity contribution in [3.05, 3.63) is 54.8 Å². The van der Waals surface area contributed by atoms with Crippen molar-refractivity contribution in [1.29, 1.82) is 0 Å². The van der Waals surface area contributed by atoms with E-state index in [1.807, 2.05) is 42.3 Å². The minimum Gasteiger partial charge on any atom is -0.392 e. The molecular weight excluding hydrogens is 236 g/mol. The third kappa shape index (κ3) is 2.70. The first-order chi connectivity index (χ1) is 9.17. The van der Waals surface area contributed by atoms with Crippen molar-refractivity contribution >= 4 is 11.6 Å². The second kappa shape index (κ2) is 5.74. The Morgan fingerprint density at radius 2 is 2.26 bits per heavy atom. The molecule has 0 spiro atoms. The number of carbonyl (C=O) groups excluding carboxylic acids is 1. The van der Waals surface area contributed by atoms with Crippen LogP contribution >= 0.6 is 0 Å². The molecule has 3 heteroatoms. The predicted molar refractivity (Wildman–Crippen MR) is 79.1 cm³/mol. The number of hydrogen-bond acceptors (Lipinski definition) is 2. The topological polar surface area (TPSA) is 32.3 Å². The van der Waals surface area contributed by atoms with Crippen molar-refractivity contribution in [1.82, 2.24) is 5.32 Å². The van der Waals surface area contributed by atoms with E-state index in [1.165, 1.54) is 0 Å². The molecule has 0 bridgehead atoms. The van der Waals surface area contributed by atoms with E-state index in [4.69, 9.17) is 0 Å². The number of rotatable bonds is 6. The van der Waals surface area contributed by atoms with Gasteiger partial charge in [0.1, 0.15) is 0 Å². The molecular formula is C16H20N2O. The smallest absolute Gasteiger partial charge is 0.232 e. The Bertz CT molecular complexity index is 507. The monoisotopic (exact) mass is 256 g/mol. The summed E-state index contributed by atoms with van der Waals surface area (Å²) in [5.41, 5.74) is 3.10. The minimum atomic E-state index is 0.0289. The fraction of sp³-hybridized carbons (Fsp3) is 0.312. The number of fused-ring (bicyclic) bond motifs is 1. The van der Waals surface area contributed by atoms with Crippen LogP contribution in [0.1, 0.15) is 18.4 Å². The van der Waals surface area contributed by atoms with E-state index in [1.54, 1.807) is 0 Å². The van der Waals surface area contributed by atoms with Gasteiger partial charge in [0.15, 0.2) is 0 Å². The van der Waals surface area contributed by atoms with Gasteiger partial charge in [0.2, 0.25) is 5.91 Å². The van der Waals surface area contributed by atoms with Gasteiger partial charge in [-0.15, -0.1) is 6.58 Å². The van der Waals surface area contributed by atoms with Gasteiger partial charge in [-0.2, -0.15) is 0 Å². The quantitative estimate of drug-likeness (QED) is 0.794. The number of nitrogens with zero attached hydrogens (tertiary/aromatic N) is 1. The van der Waals surface area contributed by atoms with Crippen LogP contribution in [0.5, 0.6) is 0 Å². The van der Waals surface area contributed by atoms with Crippen LogP contribution in [0.15, 0.2) is 49.2 Å². The summed E-state index contributed by atoms with van der Waals surface area (Å²) >= 11 is 0. The highest BCUT2D eigenvalue weighted by Crippen LogP contribution is 2.31. The standard InChI is InChI=1S/C16H20N2O/c1-4-14(10-9-12(2)17-3)18-15-8-6-5-7-13(15)11-16(18)19/h4-8,14,17H,1-2,9-11H2,3H3. The van der Waals surface area contributed by atoms with Gasteiger partial charge < -0.3 is 10.2 Å². The Balaban J connectivity index is 2.17. The van der Waals surface area contributed by atoms with Gasteiger partial charge in [-0.3, -0.25) is 4.79 Å².